The van der Waals surface area contributed by atoms with Crippen LogP contribution in [0.25, 0.3) is 0 Å². The monoisotopic (exact) mass is 367 g/mol. The normalized spacial score (nSPS) is 17.1. The molecule has 0 aliphatic heterocycles. The van der Waals surface area contributed by atoms with Crippen molar-refractivity contribution in [3.63, 3.8) is 0 Å². The van der Waals surface area contributed by atoms with E-state index in [-0.39, 0.29) is 33.7 Å². The Balaban J connectivity index is 2.36. The number of sulfonamides is 1. The lowest BCUT2D eigenvalue weighted by atomic mass is 10.1. The molecule has 0 bridgehead atoms. The molecular formula is C15H20ClF2NO3S. The van der Waals surface area contributed by atoms with Crippen LogP contribution in [0.1, 0.15) is 33.6 Å². The predicted molar refractivity (Wildman–Crippen MR) is 84.4 cm³/mol. The van der Waals surface area contributed by atoms with Gasteiger partial charge in [-0.1, -0.05) is 25.4 Å². The van der Waals surface area contributed by atoms with E-state index in [9.17, 15) is 17.2 Å². The summed E-state index contributed by atoms with van der Waals surface area (Å²) in [4.78, 5) is -0.0106. The number of hydrogen-bond donors (Lipinski definition) is 0. The van der Waals surface area contributed by atoms with Gasteiger partial charge in [0.25, 0.3) is 0 Å². The smallest absolute Gasteiger partial charge is 0.387 e. The van der Waals surface area contributed by atoms with Crippen molar-refractivity contribution in [1.29, 1.82) is 0 Å². The summed E-state index contributed by atoms with van der Waals surface area (Å²) in [6, 6.07) is 3.40. The predicted octanol–water partition coefficient (Wildman–Crippen LogP) is 4.14. The van der Waals surface area contributed by atoms with Crippen molar-refractivity contribution < 1.29 is 21.9 Å². The van der Waals surface area contributed by atoms with Gasteiger partial charge in [-0.2, -0.15) is 13.1 Å². The summed E-state index contributed by atoms with van der Waals surface area (Å²) in [6.07, 6.45) is 1.66. The van der Waals surface area contributed by atoms with Crippen molar-refractivity contribution in [3.05, 3.63) is 23.2 Å². The van der Waals surface area contributed by atoms with Gasteiger partial charge < -0.3 is 4.74 Å². The van der Waals surface area contributed by atoms with Crippen molar-refractivity contribution in [1.82, 2.24) is 4.31 Å². The van der Waals surface area contributed by atoms with Crippen molar-refractivity contribution in [2.24, 2.45) is 5.92 Å². The Morgan fingerprint density at radius 3 is 2.30 bits per heavy atom. The van der Waals surface area contributed by atoms with E-state index in [0.29, 0.717) is 0 Å². The molecule has 0 saturated heterocycles. The average Bonchev–Trinajstić information content (AvgIpc) is 3.24. The number of halogens is 3. The van der Waals surface area contributed by atoms with E-state index in [2.05, 4.69) is 4.74 Å². The lowest BCUT2D eigenvalue weighted by Crippen LogP contribution is -2.42. The Morgan fingerprint density at radius 1 is 1.26 bits per heavy atom. The first-order valence-electron chi connectivity index (χ1n) is 7.42. The fourth-order valence-electron chi connectivity index (χ4n) is 2.33. The van der Waals surface area contributed by atoms with Gasteiger partial charge in [0.1, 0.15) is 5.75 Å². The molecule has 1 atom stereocenters. The Morgan fingerprint density at radius 2 is 1.87 bits per heavy atom. The molecule has 1 fully saturated rings. The number of rotatable bonds is 7. The zero-order valence-electron chi connectivity index (χ0n) is 13.2. The molecule has 130 valence electrons. The van der Waals surface area contributed by atoms with E-state index in [1.165, 1.54) is 10.4 Å². The van der Waals surface area contributed by atoms with Crippen molar-refractivity contribution in [3.8, 4) is 5.75 Å². The molecule has 0 radical (unpaired) electrons. The average molecular weight is 368 g/mol. The van der Waals surface area contributed by atoms with E-state index in [1.54, 1.807) is 0 Å². The SMILES string of the molecule is CC(C)[C@H](C)N(C1CC1)S(=O)(=O)c1ccc(OC(F)F)c(Cl)c1. The molecule has 0 unspecified atom stereocenters. The summed E-state index contributed by atoms with van der Waals surface area (Å²) in [5, 5.41) is -0.153. The van der Waals surface area contributed by atoms with E-state index in [4.69, 9.17) is 11.6 Å². The van der Waals surface area contributed by atoms with Gasteiger partial charge in [-0.25, -0.2) is 8.42 Å². The fraction of sp³-hybridized carbons (Fsp3) is 0.600. The highest BCUT2D eigenvalue weighted by molar-refractivity contribution is 7.89. The molecule has 1 saturated carbocycles. The van der Waals surface area contributed by atoms with Crippen molar-refractivity contribution >= 4 is 21.6 Å². The minimum atomic E-state index is -3.74. The van der Waals surface area contributed by atoms with E-state index in [0.717, 1.165) is 25.0 Å². The number of nitrogens with zero attached hydrogens (tertiary/aromatic N) is 1. The van der Waals surface area contributed by atoms with E-state index in [1.807, 2.05) is 20.8 Å². The van der Waals surface area contributed by atoms with Crippen LogP contribution in [0.2, 0.25) is 5.02 Å². The molecule has 2 rings (SSSR count). The van der Waals surface area contributed by atoms with Crippen LogP contribution in [0.4, 0.5) is 8.78 Å². The first kappa shape index (κ1) is 18.4. The second kappa shape index (κ2) is 6.91. The van der Waals surface area contributed by atoms with Crippen LogP contribution in [-0.4, -0.2) is 31.4 Å². The summed E-state index contributed by atoms with van der Waals surface area (Å²) >= 11 is 5.88. The lowest BCUT2D eigenvalue weighted by Gasteiger charge is -2.31. The summed E-state index contributed by atoms with van der Waals surface area (Å²) in [5.74, 6) is -0.0854. The Kier molecular flexibility index (Phi) is 5.53. The summed E-state index contributed by atoms with van der Waals surface area (Å²) in [5.41, 5.74) is 0. The highest BCUT2D eigenvalue weighted by Crippen LogP contribution is 2.37. The molecular weight excluding hydrogens is 348 g/mol. The van der Waals surface area contributed by atoms with Crippen LogP contribution in [-0.2, 0) is 10.0 Å². The molecule has 1 aromatic carbocycles. The maximum absolute atomic E-state index is 12.9. The molecule has 0 spiro atoms. The summed E-state index contributed by atoms with van der Waals surface area (Å²) in [6.45, 7) is 2.78. The number of hydrogen-bond acceptors (Lipinski definition) is 3. The van der Waals surface area contributed by atoms with Crippen LogP contribution in [0, 0.1) is 5.92 Å². The van der Waals surface area contributed by atoms with Crippen LogP contribution in [0.5, 0.6) is 5.75 Å². The first-order valence-corrected chi connectivity index (χ1v) is 9.24. The molecule has 4 nitrogen and oxygen atoms in total. The van der Waals surface area contributed by atoms with Crippen LogP contribution in [0.3, 0.4) is 0 Å². The topological polar surface area (TPSA) is 46.6 Å². The molecule has 0 aromatic heterocycles. The molecule has 1 aliphatic rings. The highest BCUT2D eigenvalue weighted by Gasteiger charge is 2.42. The largest absolute Gasteiger partial charge is 0.433 e. The molecule has 1 aliphatic carbocycles. The van der Waals surface area contributed by atoms with Crippen LogP contribution < -0.4 is 4.74 Å². The Bertz CT molecular complexity index is 663. The minimum absolute atomic E-state index is 0.00633. The second-order valence-corrected chi connectivity index (χ2v) is 8.27. The van der Waals surface area contributed by atoms with Gasteiger partial charge in [0.15, 0.2) is 0 Å². The number of ether oxygens (including phenoxy) is 1. The Hall–Kier alpha value is -0.920. The summed E-state index contributed by atoms with van der Waals surface area (Å²) < 4.78 is 56.1. The van der Waals surface area contributed by atoms with Gasteiger partial charge in [-0.3, -0.25) is 0 Å². The third kappa shape index (κ3) is 4.14. The second-order valence-electron chi connectivity index (χ2n) is 6.02. The molecule has 0 heterocycles. The van der Waals surface area contributed by atoms with Gasteiger partial charge in [0.2, 0.25) is 10.0 Å². The third-order valence-corrected chi connectivity index (χ3v) is 6.30. The Labute approximate surface area is 140 Å². The quantitative estimate of drug-likeness (QED) is 0.727. The summed E-state index contributed by atoms with van der Waals surface area (Å²) in [7, 11) is -3.74. The zero-order valence-corrected chi connectivity index (χ0v) is 14.7. The molecule has 8 heteroatoms. The van der Waals surface area contributed by atoms with Gasteiger partial charge in [-0.15, -0.1) is 0 Å². The fourth-order valence-corrected chi connectivity index (χ4v) is 4.65. The zero-order chi connectivity index (χ0) is 17.4. The number of alkyl halides is 2. The first-order chi connectivity index (χ1) is 10.6. The van der Waals surface area contributed by atoms with E-state index < -0.39 is 16.6 Å². The molecule has 0 amide bonds. The standard InChI is InChI=1S/C15H20ClF2NO3S/c1-9(2)10(3)19(11-4-5-11)23(20,21)12-6-7-14(13(16)8-12)22-15(17)18/h6-11,15H,4-5H2,1-3H3/t10-/m0/s1. The van der Waals surface area contributed by atoms with Crippen LogP contribution >= 0.6 is 11.6 Å². The third-order valence-electron chi connectivity index (χ3n) is 3.97. The number of benzene rings is 1. The van der Waals surface area contributed by atoms with E-state index >= 15 is 0 Å². The lowest BCUT2D eigenvalue weighted by molar-refractivity contribution is -0.0498. The highest BCUT2D eigenvalue weighted by atomic mass is 35.5. The molecule has 0 N–H and O–H groups in total. The molecule has 23 heavy (non-hydrogen) atoms. The maximum Gasteiger partial charge on any atom is 0.387 e. The van der Waals surface area contributed by atoms with Gasteiger partial charge in [-0.05, 0) is 43.9 Å². The van der Waals surface area contributed by atoms with Gasteiger partial charge >= 0.3 is 6.61 Å². The minimum Gasteiger partial charge on any atom is -0.433 e. The van der Waals surface area contributed by atoms with Crippen LogP contribution in [0.15, 0.2) is 23.1 Å². The van der Waals surface area contributed by atoms with Crippen molar-refractivity contribution in [2.75, 3.05) is 0 Å². The van der Waals surface area contributed by atoms with Gasteiger partial charge in [0.05, 0.1) is 9.92 Å². The maximum atomic E-state index is 12.9. The molecule has 1 aromatic rings. The van der Waals surface area contributed by atoms with Crippen molar-refractivity contribution in [2.45, 2.75) is 57.2 Å². The van der Waals surface area contributed by atoms with Gasteiger partial charge in [0, 0.05) is 12.1 Å².